The molecule has 4 heterocycles. The van der Waals surface area contributed by atoms with Crippen LogP contribution in [-0.4, -0.2) is 19.5 Å². The van der Waals surface area contributed by atoms with Gasteiger partial charge in [-0.1, -0.05) is 41.6 Å². The molecule has 0 fully saturated rings. The van der Waals surface area contributed by atoms with Gasteiger partial charge in [0.25, 0.3) is 0 Å². The molecule has 0 saturated carbocycles. The molecule has 0 aliphatic rings. The topological polar surface area (TPSA) is 52.8 Å². The van der Waals surface area contributed by atoms with E-state index < -0.39 is 0 Å². The maximum Gasteiger partial charge on any atom is 0.146 e. The lowest BCUT2D eigenvalue weighted by Gasteiger charge is -2.14. The zero-order valence-corrected chi connectivity index (χ0v) is 18.9. The minimum Gasteiger partial charge on any atom is -0.487 e. The highest BCUT2D eigenvalue weighted by molar-refractivity contribution is 8.01. The lowest BCUT2D eigenvalue weighted by molar-refractivity contribution is 0.306. The van der Waals surface area contributed by atoms with E-state index >= 15 is 0 Å². The highest BCUT2D eigenvalue weighted by Gasteiger charge is 2.14. The number of imidazole rings is 1. The Bertz CT molecular complexity index is 1340. The van der Waals surface area contributed by atoms with Crippen LogP contribution < -0.4 is 4.74 Å². The van der Waals surface area contributed by atoms with Gasteiger partial charge in [-0.2, -0.15) is 0 Å². The number of ether oxygens (including phenoxy) is 1. The number of fused-ring (bicyclic) bond motifs is 1. The van der Waals surface area contributed by atoms with Crippen LogP contribution >= 0.6 is 34.7 Å². The number of pyridine rings is 2. The van der Waals surface area contributed by atoms with Crippen molar-refractivity contribution in [2.45, 2.75) is 22.6 Å². The fourth-order valence-corrected chi connectivity index (χ4v) is 5.43. The summed E-state index contributed by atoms with van der Waals surface area (Å²) in [6, 6.07) is 12.1. The summed E-state index contributed by atoms with van der Waals surface area (Å²) in [6.07, 6.45) is 8.96. The van der Waals surface area contributed by atoms with Crippen LogP contribution in [0.2, 0.25) is 5.02 Å². The van der Waals surface area contributed by atoms with Crippen LogP contribution in [0.3, 0.4) is 0 Å². The smallest absolute Gasteiger partial charge is 0.146 e. The number of aryl methyl sites for hydroxylation is 1. The predicted molar refractivity (Wildman–Crippen MR) is 126 cm³/mol. The molecule has 0 amide bonds. The number of benzene rings is 1. The van der Waals surface area contributed by atoms with Crippen molar-refractivity contribution < 1.29 is 4.74 Å². The van der Waals surface area contributed by atoms with Gasteiger partial charge >= 0.3 is 0 Å². The van der Waals surface area contributed by atoms with Gasteiger partial charge in [0.15, 0.2) is 0 Å². The van der Waals surface area contributed by atoms with Crippen molar-refractivity contribution in [3.8, 4) is 11.4 Å². The Labute approximate surface area is 192 Å². The maximum absolute atomic E-state index is 6.49. The van der Waals surface area contributed by atoms with Crippen LogP contribution in [0.15, 0.2) is 82.0 Å². The molecule has 5 nitrogen and oxygen atoms in total. The number of para-hydroxylation sites is 1. The molecule has 0 spiro atoms. The molecule has 5 rings (SSSR count). The van der Waals surface area contributed by atoms with Crippen molar-refractivity contribution in [2.75, 3.05) is 0 Å². The van der Waals surface area contributed by atoms with Gasteiger partial charge < -0.3 is 9.30 Å². The molecular formula is C23H17ClN4OS2. The lowest BCUT2D eigenvalue weighted by Crippen LogP contribution is -2.02. The summed E-state index contributed by atoms with van der Waals surface area (Å²) in [5, 5.41) is 3.64. The lowest BCUT2D eigenvalue weighted by atomic mass is 10.1. The Morgan fingerprint density at radius 2 is 2.10 bits per heavy atom. The monoisotopic (exact) mass is 464 g/mol. The standard InChI is InChI=1S/C23H17ClN4OS2/c1-15-10-19(28-8-7-25-14-28)16-4-2-5-20(23(16)27-15)29-13-17-18(24)11-26-12-21(17)31-22-6-3-9-30-22/h2-12,14H,13H2,1H3. The molecule has 4 aromatic heterocycles. The average molecular weight is 465 g/mol. The molecule has 0 radical (unpaired) electrons. The minimum atomic E-state index is 0.324. The highest BCUT2D eigenvalue weighted by Crippen LogP contribution is 2.37. The van der Waals surface area contributed by atoms with Crippen molar-refractivity contribution in [3.63, 3.8) is 0 Å². The van der Waals surface area contributed by atoms with Crippen LogP contribution in [0.4, 0.5) is 0 Å². The predicted octanol–water partition coefficient (Wildman–Crippen LogP) is 6.57. The Balaban J connectivity index is 1.50. The van der Waals surface area contributed by atoms with Gasteiger partial charge in [0.05, 0.1) is 21.2 Å². The van der Waals surface area contributed by atoms with E-state index in [4.69, 9.17) is 21.3 Å². The third kappa shape index (κ3) is 4.17. The van der Waals surface area contributed by atoms with Crippen molar-refractivity contribution in [3.05, 3.63) is 89.2 Å². The second-order valence-electron chi connectivity index (χ2n) is 6.83. The number of rotatable bonds is 6. The van der Waals surface area contributed by atoms with E-state index in [9.17, 15) is 0 Å². The summed E-state index contributed by atoms with van der Waals surface area (Å²) < 4.78 is 9.42. The third-order valence-corrected chi connectivity index (χ3v) is 7.17. The van der Waals surface area contributed by atoms with E-state index in [1.165, 1.54) is 4.21 Å². The van der Waals surface area contributed by atoms with Gasteiger partial charge in [0.1, 0.15) is 17.9 Å². The van der Waals surface area contributed by atoms with Crippen molar-refractivity contribution in [2.24, 2.45) is 0 Å². The molecular weight excluding hydrogens is 448 g/mol. The molecule has 0 bridgehead atoms. The number of hydrogen-bond donors (Lipinski definition) is 0. The maximum atomic E-state index is 6.49. The first kappa shape index (κ1) is 20.1. The van der Waals surface area contributed by atoms with E-state index in [2.05, 4.69) is 21.4 Å². The molecule has 31 heavy (non-hydrogen) atoms. The molecule has 8 heteroatoms. The van der Waals surface area contributed by atoms with Gasteiger partial charge in [-0.3, -0.25) is 4.98 Å². The fraction of sp³-hybridized carbons (Fsp3) is 0.0870. The van der Waals surface area contributed by atoms with Crippen molar-refractivity contribution >= 4 is 45.6 Å². The SMILES string of the molecule is Cc1cc(-n2ccnc2)c2cccc(OCc3c(Cl)cncc3Sc3cccs3)c2n1. The van der Waals surface area contributed by atoms with Crippen LogP contribution in [0.5, 0.6) is 5.75 Å². The molecule has 154 valence electrons. The zero-order chi connectivity index (χ0) is 21.2. The molecule has 0 aliphatic carbocycles. The summed E-state index contributed by atoms with van der Waals surface area (Å²) >= 11 is 9.82. The van der Waals surface area contributed by atoms with E-state index in [1.807, 2.05) is 54.2 Å². The number of nitrogens with zero attached hydrogens (tertiary/aromatic N) is 4. The number of halogens is 1. The van der Waals surface area contributed by atoms with Crippen molar-refractivity contribution in [1.29, 1.82) is 0 Å². The van der Waals surface area contributed by atoms with Gasteiger partial charge in [-0.25, -0.2) is 9.97 Å². The number of thiophene rings is 1. The largest absolute Gasteiger partial charge is 0.487 e. The van der Waals surface area contributed by atoms with Gasteiger partial charge in [0, 0.05) is 46.3 Å². The van der Waals surface area contributed by atoms with Crippen LogP contribution in [0.25, 0.3) is 16.6 Å². The number of aromatic nitrogens is 4. The van der Waals surface area contributed by atoms with Crippen LogP contribution in [0, 0.1) is 6.92 Å². The van der Waals surface area contributed by atoms with Gasteiger partial charge in [-0.05, 0) is 30.5 Å². The van der Waals surface area contributed by atoms with Crippen molar-refractivity contribution in [1.82, 2.24) is 19.5 Å². The van der Waals surface area contributed by atoms with E-state index in [0.29, 0.717) is 17.4 Å². The first-order chi connectivity index (χ1) is 15.2. The van der Waals surface area contributed by atoms with Gasteiger partial charge in [-0.15, -0.1) is 11.3 Å². The quantitative estimate of drug-likeness (QED) is 0.284. The molecule has 0 atom stereocenters. The van der Waals surface area contributed by atoms with E-state index in [1.54, 1.807) is 41.8 Å². The van der Waals surface area contributed by atoms with E-state index in [0.717, 1.165) is 32.7 Å². The molecule has 5 aromatic rings. The Kier molecular flexibility index (Phi) is 5.63. The number of hydrogen-bond acceptors (Lipinski definition) is 6. The Morgan fingerprint density at radius 3 is 2.90 bits per heavy atom. The molecule has 0 saturated heterocycles. The summed E-state index contributed by atoms with van der Waals surface area (Å²) in [5.41, 5.74) is 3.64. The van der Waals surface area contributed by atoms with Gasteiger partial charge in [0.2, 0.25) is 0 Å². The molecule has 0 unspecified atom stereocenters. The van der Waals surface area contributed by atoms with Crippen LogP contribution in [-0.2, 0) is 6.61 Å². The zero-order valence-electron chi connectivity index (χ0n) is 16.5. The summed E-state index contributed by atoms with van der Waals surface area (Å²) in [5.74, 6) is 0.711. The third-order valence-electron chi connectivity index (χ3n) is 4.73. The molecule has 0 N–H and O–H groups in total. The molecule has 1 aromatic carbocycles. The Hall–Kier alpha value is -2.87. The van der Waals surface area contributed by atoms with E-state index in [-0.39, 0.29) is 0 Å². The highest BCUT2D eigenvalue weighted by atomic mass is 35.5. The summed E-state index contributed by atoms with van der Waals surface area (Å²) in [7, 11) is 0. The summed E-state index contributed by atoms with van der Waals surface area (Å²) in [4.78, 5) is 14.2. The normalized spacial score (nSPS) is 11.2. The minimum absolute atomic E-state index is 0.324. The second kappa shape index (κ2) is 8.70. The Morgan fingerprint density at radius 1 is 1.16 bits per heavy atom. The molecule has 0 aliphatic heterocycles. The average Bonchev–Trinajstić information content (AvgIpc) is 3.47. The summed E-state index contributed by atoms with van der Waals surface area (Å²) in [6.45, 7) is 2.30. The van der Waals surface area contributed by atoms with Crippen LogP contribution in [0.1, 0.15) is 11.3 Å². The first-order valence-electron chi connectivity index (χ1n) is 9.54. The fourth-order valence-electron chi connectivity index (χ4n) is 3.31. The second-order valence-corrected chi connectivity index (χ2v) is 9.52. The first-order valence-corrected chi connectivity index (χ1v) is 11.6.